The Balaban J connectivity index is 2.06. The van der Waals surface area contributed by atoms with Crippen molar-refractivity contribution >= 4 is 11.5 Å². The number of nitrogens with zero attached hydrogens (tertiary/aromatic N) is 5. The van der Waals surface area contributed by atoms with E-state index in [2.05, 4.69) is 32.7 Å². The lowest BCUT2D eigenvalue weighted by Crippen LogP contribution is -2.17. The molecule has 0 bridgehead atoms. The van der Waals surface area contributed by atoms with E-state index in [-0.39, 0.29) is 0 Å². The minimum atomic E-state index is 0.414. The molecule has 0 saturated carbocycles. The van der Waals surface area contributed by atoms with Crippen molar-refractivity contribution in [1.29, 1.82) is 0 Å². The van der Waals surface area contributed by atoms with E-state index in [1.54, 1.807) is 24.0 Å². The second kappa shape index (κ2) is 4.84. The van der Waals surface area contributed by atoms with Crippen LogP contribution in [0.2, 0.25) is 0 Å². The van der Waals surface area contributed by atoms with Gasteiger partial charge in [-0.3, -0.25) is 4.98 Å². The quantitative estimate of drug-likeness (QED) is 0.779. The van der Waals surface area contributed by atoms with Crippen molar-refractivity contribution in [1.82, 2.24) is 25.0 Å². The van der Waals surface area contributed by atoms with Gasteiger partial charge in [0.25, 0.3) is 0 Å². The first-order valence-corrected chi connectivity index (χ1v) is 5.06. The lowest BCUT2D eigenvalue weighted by Gasteiger charge is -2.12. The number of ether oxygens (including phenoxy) is 1. The number of hydrogen-bond donors (Lipinski definition) is 1. The molecule has 86 valence electrons. The Kier molecular flexibility index (Phi) is 3.25. The molecular weight excluding hydrogens is 208 g/mol. The number of aromatic nitrogens is 5. The molecule has 0 radical (unpaired) electrons. The number of rotatable bonds is 5. The zero-order chi connectivity index (χ0) is 11.4. The third kappa shape index (κ3) is 2.25. The Morgan fingerprint density at radius 1 is 1.50 bits per heavy atom. The molecule has 2 aromatic rings. The van der Waals surface area contributed by atoms with E-state index in [0.29, 0.717) is 18.2 Å². The predicted molar refractivity (Wildman–Crippen MR) is 58.1 cm³/mol. The highest BCUT2D eigenvalue weighted by Gasteiger charge is 2.05. The van der Waals surface area contributed by atoms with Gasteiger partial charge in [-0.15, -0.1) is 5.10 Å². The first kappa shape index (κ1) is 10.7. The molecule has 0 spiro atoms. The number of nitrogens with one attached hydrogen (secondary N) is 1. The smallest absolute Gasteiger partial charge is 0.199 e. The maximum atomic E-state index is 5.06. The molecule has 0 fully saturated rings. The van der Waals surface area contributed by atoms with Crippen molar-refractivity contribution in [3.63, 3.8) is 0 Å². The molecule has 16 heavy (non-hydrogen) atoms. The van der Waals surface area contributed by atoms with Gasteiger partial charge in [0.2, 0.25) is 0 Å². The highest BCUT2D eigenvalue weighted by molar-refractivity contribution is 5.43. The zero-order valence-electron chi connectivity index (χ0n) is 9.29. The Labute approximate surface area is 92.8 Å². The minimum Gasteiger partial charge on any atom is -0.384 e. The third-order valence-corrected chi connectivity index (χ3v) is 2.19. The molecule has 2 heterocycles. The first-order chi connectivity index (χ1) is 7.81. The van der Waals surface area contributed by atoms with Gasteiger partial charge in [0.1, 0.15) is 5.82 Å². The van der Waals surface area contributed by atoms with Gasteiger partial charge >= 0.3 is 0 Å². The van der Waals surface area contributed by atoms with E-state index >= 15 is 0 Å². The fourth-order valence-electron chi connectivity index (χ4n) is 1.42. The summed E-state index contributed by atoms with van der Waals surface area (Å²) in [5.74, 6) is 1.20. The highest BCUT2D eigenvalue weighted by atomic mass is 16.5. The maximum absolute atomic E-state index is 5.06. The number of fused-ring (bicyclic) bond motifs is 1. The second-order valence-electron chi connectivity index (χ2n) is 3.68. The molecule has 1 N–H and O–H groups in total. The minimum absolute atomic E-state index is 0.414. The fraction of sp³-hybridized carbons (Fsp3) is 0.556. The van der Waals surface area contributed by atoms with E-state index in [9.17, 15) is 0 Å². The van der Waals surface area contributed by atoms with Crippen molar-refractivity contribution < 1.29 is 4.74 Å². The predicted octanol–water partition coefficient (Wildman–Crippen LogP) is 0.214. The Morgan fingerprint density at radius 3 is 3.19 bits per heavy atom. The van der Waals surface area contributed by atoms with Crippen LogP contribution in [0.3, 0.4) is 0 Å². The lowest BCUT2D eigenvalue weighted by atomic mass is 10.2. The molecule has 0 saturated heterocycles. The summed E-state index contributed by atoms with van der Waals surface area (Å²) in [5, 5.41) is 14.5. The third-order valence-electron chi connectivity index (χ3n) is 2.19. The molecule has 0 aromatic carbocycles. The summed E-state index contributed by atoms with van der Waals surface area (Å²) in [6.07, 6.45) is 3.31. The molecule has 0 aliphatic heterocycles. The number of tetrazole rings is 1. The monoisotopic (exact) mass is 222 g/mol. The standard InChI is InChI=1S/C9H14N6O/c1-7(6-16-2)3-11-8-4-10-5-9-12-13-14-15(8)9/h4-5,7,11H,3,6H2,1-2H3. The normalized spacial score (nSPS) is 12.9. The van der Waals surface area contributed by atoms with E-state index in [4.69, 9.17) is 4.74 Å². The molecule has 2 rings (SSSR count). The van der Waals surface area contributed by atoms with Crippen LogP contribution in [-0.4, -0.2) is 45.3 Å². The van der Waals surface area contributed by atoms with Crippen LogP contribution in [-0.2, 0) is 4.74 Å². The topological polar surface area (TPSA) is 77.2 Å². The number of methoxy groups -OCH3 is 1. The van der Waals surface area contributed by atoms with Gasteiger partial charge in [0.15, 0.2) is 5.65 Å². The summed E-state index contributed by atoms with van der Waals surface area (Å²) in [6, 6.07) is 0. The molecule has 0 aliphatic rings. The van der Waals surface area contributed by atoms with E-state index < -0.39 is 0 Å². The average molecular weight is 222 g/mol. The molecule has 0 amide bonds. The number of anilines is 1. The van der Waals surface area contributed by atoms with Crippen LogP contribution < -0.4 is 5.32 Å². The van der Waals surface area contributed by atoms with Crippen LogP contribution in [0.25, 0.3) is 5.65 Å². The van der Waals surface area contributed by atoms with E-state index in [0.717, 1.165) is 12.4 Å². The van der Waals surface area contributed by atoms with Crippen molar-refractivity contribution in [2.24, 2.45) is 5.92 Å². The molecule has 1 unspecified atom stereocenters. The van der Waals surface area contributed by atoms with Crippen LogP contribution in [0.4, 0.5) is 5.82 Å². The summed E-state index contributed by atoms with van der Waals surface area (Å²) in [6.45, 7) is 3.60. The molecular formula is C9H14N6O. The van der Waals surface area contributed by atoms with Crippen molar-refractivity contribution in [3.8, 4) is 0 Å². The van der Waals surface area contributed by atoms with Gasteiger partial charge in [-0.05, 0) is 16.3 Å². The molecule has 1 atom stereocenters. The average Bonchev–Trinajstić information content (AvgIpc) is 2.75. The lowest BCUT2D eigenvalue weighted by molar-refractivity contribution is 0.164. The molecule has 7 heteroatoms. The van der Waals surface area contributed by atoms with Gasteiger partial charge < -0.3 is 10.1 Å². The van der Waals surface area contributed by atoms with Gasteiger partial charge in [0, 0.05) is 13.7 Å². The Bertz CT molecular complexity index is 456. The SMILES string of the molecule is COCC(C)CNc1cncc2nnnn12. The van der Waals surface area contributed by atoms with Crippen molar-refractivity contribution in [2.75, 3.05) is 25.6 Å². The van der Waals surface area contributed by atoms with Crippen LogP contribution in [0, 0.1) is 5.92 Å². The van der Waals surface area contributed by atoms with Crippen molar-refractivity contribution in [2.45, 2.75) is 6.92 Å². The summed E-state index contributed by atoms with van der Waals surface area (Å²) >= 11 is 0. The highest BCUT2D eigenvalue weighted by Crippen LogP contribution is 2.06. The molecule has 2 aromatic heterocycles. The first-order valence-electron chi connectivity index (χ1n) is 5.06. The van der Waals surface area contributed by atoms with E-state index in [1.165, 1.54) is 0 Å². The van der Waals surface area contributed by atoms with Gasteiger partial charge in [-0.2, -0.15) is 4.52 Å². The van der Waals surface area contributed by atoms with Crippen LogP contribution in [0.5, 0.6) is 0 Å². The van der Waals surface area contributed by atoms with Gasteiger partial charge in [-0.25, -0.2) is 0 Å². The summed E-state index contributed by atoms with van der Waals surface area (Å²) < 4.78 is 6.68. The zero-order valence-corrected chi connectivity index (χ0v) is 9.29. The van der Waals surface area contributed by atoms with Gasteiger partial charge in [-0.1, -0.05) is 6.92 Å². The Morgan fingerprint density at radius 2 is 2.38 bits per heavy atom. The fourth-order valence-corrected chi connectivity index (χ4v) is 1.42. The summed E-state index contributed by atoms with van der Waals surface area (Å²) in [5.41, 5.74) is 0.629. The molecule has 7 nitrogen and oxygen atoms in total. The summed E-state index contributed by atoms with van der Waals surface area (Å²) in [7, 11) is 1.69. The number of hydrogen-bond acceptors (Lipinski definition) is 6. The molecule has 0 aliphatic carbocycles. The Hall–Kier alpha value is -1.76. The van der Waals surface area contributed by atoms with E-state index in [1.807, 2.05) is 0 Å². The maximum Gasteiger partial charge on any atom is 0.199 e. The largest absolute Gasteiger partial charge is 0.384 e. The van der Waals surface area contributed by atoms with Gasteiger partial charge in [0.05, 0.1) is 19.0 Å². The summed E-state index contributed by atoms with van der Waals surface area (Å²) in [4.78, 5) is 4.05. The second-order valence-corrected chi connectivity index (χ2v) is 3.68. The van der Waals surface area contributed by atoms with Crippen LogP contribution in [0.1, 0.15) is 6.92 Å². The van der Waals surface area contributed by atoms with Crippen molar-refractivity contribution in [3.05, 3.63) is 12.4 Å². The van der Waals surface area contributed by atoms with Crippen LogP contribution >= 0.6 is 0 Å². The van der Waals surface area contributed by atoms with Crippen LogP contribution in [0.15, 0.2) is 12.4 Å².